The van der Waals surface area contributed by atoms with Crippen molar-refractivity contribution in [2.24, 2.45) is 11.7 Å². The van der Waals surface area contributed by atoms with E-state index in [0.717, 1.165) is 6.42 Å². The molecular formula is C28H20BrF3N8O3. The van der Waals surface area contributed by atoms with Gasteiger partial charge in [-0.1, -0.05) is 12.0 Å². The first-order valence-corrected chi connectivity index (χ1v) is 13.7. The van der Waals surface area contributed by atoms with E-state index in [0.29, 0.717) is 45.7 Å². The van der Waals surface area contributed by atoms with Gasteiger partial charge >= 0.3 is 6.18 Å². The number of halogens is 4. The van der Waals surface area contributed by atoms with Crippen molar-refractivity contribution < 1.29 is 27.6 Å². The van der Waals surface area contributed by atoms with Crippen LogP contribution in [-0.2, 0) is 22.3 Å². The molecule has 1 saturated carbocycles. The molecule has 2 aliphatic rings. The summed E-state index contributed by atoms with van der Waals surface area (Å²) in [6, 6.07) is 9.13. The lowest BCUT2D eigenvalue weighted by Crippen LogP contribution is -2.46. The number of benzene rings is 1. The Kier molecular flexibility index (Phi) is 7.09. The zero-order valence-electron chi connectivity index (χ0n) is 22.0. The third-order valence-electron chi connectivity index (χ3n) is 7.23. The van der Waals surface area contributed by atoms with E-state index in [9.17, 15) is 27.6 Å². The summed E-state index contributed by atoms with van der Waals surface area (Å²) in [5.41, 5.74) is 5.31. The number of hydrogen-bond donors (Lipinski definition) is 2. The molecule has 0 unspecified atom stereocenters. The van der Waals surface area contributed by atoms with Gasteiger partial charge in [-0.15, -0.1) is 0 Å². The molecule has 0 spiro atoms. The molecule has 15 heteroatoms. The molecule has 3 N–H and O–H groups in total. The minimum atomic E-state index is -4.57. The molecule has 4 aromatic rings. The van der Waals surface area contributed by atoms with E-state index in [1.54, 1.807) is 35.2 Å². The van der Waals surface area contributed by atoms with Crippen molar-refractivity contribution in [3.8, 4) is 11.8 Å². The standard InChI is InChI=1S/C28H20BrF3N8O3/c29-21-2-1-3-23(36-21)37-27(43)20-10-15-9-19(15)40(20)24(41)13-39-18-6-4-14(8-17(18)25(38-39)26(33)42)5-7-22-34-11-16(12-35-22)28(30,31)32/h1-4,6,8,11-12,15,19-20H,9-10,13H2,(H2,33,42)(H,36,37,43)/t15-,19-,20+/m1/s1. The molecule has 3 aromatic heterocycles. The van der Waals surface area contributed by atoms with Crippen LogP contribution in [0, 0.1) is 17.8 Å². The summed E-state index contributed by atoms with van der Waals surface area (Å²) in [4.78, 5) is 51.9. The van der Waals surface area contributed by atoms with Gasteiger partial charge in [0.1, 0.15) is 23.0 Å². The molecule has 6 rings (SSSR count). The van der Waals surface area contributed by atoms with Gasteiger partial charge in [0, 0.05) is 29.4 Å². The van der Waals surface area contributed by atoms with Crippen molar-refractivity contribution in [3.05, 3.63) is 76.0 Å². The normalized spacial score (nSPS) is 19.0. The predicted octanol–water partition coefficient (Wildman–Crippen LogP) is 3.13. The highest BCUT2D eigenvalue weighted by atomic mass is 79.9. The fourth-order valence-electron chi connectivity index (χ4n) is 5.17. The van der Waals surface area contributed by atoms with Crippen molar-refractivity contribution >= 4 is 50.4 Å². The van der Waals surface area contributed by atoms with Gasteiger partial charge < -0.3 is 16.0 Å². The van der Waals surface area contributed by atoms with Gasteiger partial charge in [0.25, 0.3) is 5.91 Å². The van der Waals surface area contributed by atoms with Gasteiger partial charge in [0.15, 0.2) is 5.69 Å². The number of carbonyl (C=O) groups excluding carboxylic acids is 3. The van der Waals surface area contributed by atoms with E-state index in [1.165, 1.54) is 10.7 Å². The third-order valence-corrected chi connectivity index (χ3v) is 7.67. The molecule has 3 atom stereocenters. The summed E-state index contributed by atoms with van der Waals surface area (Å²) in [7, 11) is 0. The monoisotopic (exact) mass is 652 g/mol. The highest BCUT2D eigenvalue weighted by molar-refractivity contribution is 9.10. The number of anilines is 1. The number of carbonyl (C=O) groups is 3. The SMILES string of the molecule is NC(=O)c1nn(CC(=O)N2[C@@H]3C[C@@H]3C[C@H]2C(=O)Nc2cccc(Br)n2)c2ccc(C#Cc3ncc(C(F)(F)F)cn3)cc12. The van der Waals surface area contributed by atoms with E-state index in [4.69, 9.17) is 5.73 Å². The van der Waals surface area contributed by atoms with Crippen LogP contribution in [0.15, 0.2) is 53.4 Å². The van der Waals surface area contributed by atoms with Crippen molar-refractivity contribution in [2.75, 3.05) is 5.32 Å². The number of amides is 3. The van der Waals surface area contributed by atoms with E-state index < -0.39 is 23.7 Å². The lowest BCUT2D eigenvalue weighted by atomic mass is 10.1. The number of primary amides is 1. The van der Waals surface area contributed by atoms with E-state index in [-0.39, 0.29) is 41.8 Å². The summed E-state index contributed by atoms with van der Waals surface area (Å²) in [6.07, 6.45) is -1.94. The third kappa shape index (κ3) is 5.78. The number of rotatable bonds is 5. The number of fused-ring (bicyclic) bond motifs is 2. The van der Waals surface area contributed by atoms with Crippen molar-refractivity contribution in [1.82, 2.24) is 29.6 Å². The number of piperidine rings is 1. The van der Waals surface area contributed by atoms with Crippen LogP contribution < -0.4 is 11.1 Å². The second-order valence-corrected chi connectivity index (χ2v) is 10.9. The largest absolute Gasteiger partial charge is 0.419 e. The first-order chi connectivity index (χ1) is 20.5. The highest BCUT2D eigenvalue weighted by Gasteiger charge is 2.56. The van der Waals surface area contributed by atoms with E-state index >= 15 is 0 Å². The molecule has 11 nitrogen and oxygen atoms in total. The summed E-state index contributed by atoms with van der Waals surface area (Å²) in [5.74, 6) is 4.31. The van der Waals surface area contributed by atoms with Gasteiger partial charge in [-0.3, -0.25) is 19.1 Å². The number of nitrogens with one attached hydrogen (secondary N) is 1. The Morgan fingerprint density at radius 2 is 1.86 bits per heavy atom. The van der Waals surface area contributed by atoms with Crippen molar-refractivity contribution in [2.45, 2.75) is 37.6 Å². The second-order valence-electron chi connectivity index (χ2n) is 10.1. The Balaban J connectivity index is 1.23. The maximum atomic E-state index is 13.5. The summed E-state index contributed by atoms with van der Waals surface area (Å²) >= 11 is 3.27. The Morgan fingerprint density at radius 1 is 1.09 bits per heavy atom. The molecule has 0 bridgehead atoms. The summed E-state index contributed by atoms with van der Waals surface area (Å²) < 4.78 is 40.2. The number of aromatic nitrogens is 5. The topological polar surface area (TPSA) is 149 Å². The number of nitrogens with zero attached hydrogens (tertiary/aromatic N) is 6. The molecule has 218 valence electrons. The zero-order chi connectivity index (χ0) is 30.5. The molecule has 0 radical (unpaired) electrons. The Morgan fingerprint density at radius 3 is 2.56 bits per heavy atom. The Bertz CT molecular complexity index is 1850. The maximum absolute atomic E-state index is 13.5. The van der Waals surface area contributed by atoms with Crippen molar-refractivity contribution in [1.29, 1.82) is 0 Å². The van der Waals surface area contributed by atoms with E-state index in [1.807, 2.05) is 0 Å². The molecule has 1 saturated heterocycles. The van der Waals surface area contributed by atoms with Crippen LogP contribution >= 0.6 is 15.9 Å². The fourth-order valence-corrected chi connectivity index (χ4v) is 5.52. The average Bonchev–Trinajstić information content (AvgIpc) is 3.47. The Labute approximate surface area is 249 Å². The van der Waals surface area contributed by atoms with Crippen LogP contribution in [-0.4, -0.2) is 59.4 Å². The van der Waals surface area contributed by atoms with E-state index in [2.05, 4.69) is 53.1 Å². The summed E-state index contributed by atoms with van der Waals surface area (Å²) in [6.45, 7) is -0.240. The number of likely N-dealkylation sites (tertiary alicyclic amines) is 1. The van der Waals surface area contributed by atoms with Crippen LogP contribution in [0.3, 0.4) is 0 Å². The van der Waals surface area contributed by atoms with Crippen molar-refractivity contribution in [3.63, 3.8) is 0 Å². The van der Waals surface area contributed by atoms with Crippen LogP contribution in [0.2, 0.25) is 0 Å². The number of alkyl halides is 3. The molecule has 1 aliphatic carbocycles. The lowest BCUT2D eigenvalue weighted by Gasteiger charge is -2.26. The fraction of sp³-hybridized carbons (Fsp3) is 0.250. The number of nitrogens with two attached hydrogens (primary N) is 1. The van der Waals surface area contributed by atoms with Crippen LogP contribution in [0.1, 0.15) is 40.3 Å². The molecular weight excluding hydrogens is 633 g/mol. The molecule has 1 aromatic carbocycles. The van der Waals surface area contributed by atoms with Gasteiger partial charge in [0.05, 0.1) is 11.1 Å². The number of hydrogen-bond acceptors (Lipinski definition) is 7. The van der Waals surface area contributed by atoms with Gasteiger partial charge in [0.2, 0.25) is 17.6 Å². The molecule has 4 heterocycles. The smallest absolute Gasteiger partial charge is 0.364 e. The molecule has 3 amide bonds. The quantitative estimate of drug-likeness (QED) is 0.248. The van der Waals surface area contributed by atoms with Crippen LogP contribution in [0.4, 0.5) is 19.0 Å². The minimum Gasteiger partial charge on any atom is -0.364 e. The lowest BCUT2D eigenvalue weighted by molar-refractivity contribution is -0.138. The molecule has 43 heavy (non-hydrogen) atoms. The average molecular weight is 653 g/mol. The predicted molar refractivity (Wildman–Crippen MR) is 149 cm³/mol. The molecule has 1 aliphatic heterocycles. The van der Waals surface area contributed by atoms with Crippen LogP contribution in [0.5, 0.6) is 0 Å². The summed E-state index contributed by atoms with van der Waals surface area (Å²) in [5, 5.41) is 7.39. The first kappa shape index (κ1) is 28.3. The number of pyridine rings is 1. The minimum absolute atomic E-state index is 0.0505. The van der Waals surface area contributed by atoms with Gasteiger partial charge in [-0.05, 0) is 70.9 Å². The maximum Gasteiger partial charge on any atom is 0.419 e. The van der Waals surface area contributed by atoms with Gasteiger partial charge in [-0.2, -0.15) is 18.3 Å². The Hall–Kier alpha value is -4.84. The van der Waals surface area contributed by atoms with Gasteiger partial charge in [-0.25, -0.2) is 15.0 Å². The zero-order valence-corrected chi connectivity index (χ0v) is 23.6. The highest BCUT2D eigenvalue weighted by Crippen LogP contribution is 2.48. The van der Waals surface area contributed by atoms with Crippen LogP contribution in [0.25, 0.3) is 10.9 Å². The first-order valence-electron chi connectivity index (χ1n) is 12.9. The molecule has 2 fully saturated rings. The second kappa shape index (κ2) is 10.8.